The van der Waals surface area contributed by atoms with Crippen LogP contribution >= 0.6 is 0 Å². The molecule has 1 rings (SSSR count). The van der Waals surface area contributed by atoms with Crippen LogP contribution in [0, 0.1) is 5.92 Å². The van der Waals surface area contributed by atoms with Gasteiger partial charge < -0.3 is 10.1 Å². The van der Waals surface area contributed by atoms with Crippen molar-refractivity contribution in [1.29, 1.82) is 0 Å². The van der Waals surface area contributed by atoms with E-state index in [1.54, 1.807) is 14.0 Å². The van der Waals surface area contributed by atoms with Crippen LogP contribution in [0.15, 0.2) is 0 Å². The van der Waals surface area contributed by atoms with E-state index >= 15 is 0 Å². The van der Waals surface area contributed by atoms with E-state index in [0.29, 0.717) is 25.9 Å². The molecule has 1 fully saturated rings. The normalized spacial score (nSPS) is 16.6. The number of hydrazine groups is 1. The highest BCUT2D eigenvalue weighted by atomic mass is 16.5. The zero-order valence-corrected chi connectivity index (χ0v) is 20.5. The maximum Gasteiger partial charge on any atom is 0.234 e. The number of likely N-dealkylation sites (tertiary alicyclic amines) is 1. The molecule has 0 bridgehead atoms. The Hall–Kier alpha value is -2.00. The first-order valence-corrected chi connectivity index (χ1v) is 11.1. The van der Waals surface area contributed by atoms with Gasteiger partial charge >= 0.3 is 0 Å². The number of rotatable bonds is 12. The van der Waals surface area contributed by atoms with Crippen LogP contribution in [0.3, 0.4) is 0 Å². The van der Waals surface area contributed by atoms with Gasteiger partial charge in [0.05, 0.1) is 5.60 Å². The highest BCUT2D eigenvalue weighted by molar-refractivity contribution is 6.03. The molecule has 0 spiro atoms. The molecule has 0 aromatic heterocycles. The molecule has 0 aromatic rings. The molecule has 4 amide bonds. The van der Waals surface area contributed by atoms with Crippen LogP contribution in [0.4, 0.5) is 0 Å². The fourth-order valence-electron chi connectivity index (χ4n) is 3.07. The minimum absolute atomic E-state index is 0.0839. The molecule has 0 aliphatic carbocycles. The van der Waals surface area contributed by atoms with E-state index in [1.807, 2.05) is 41.5 Å². The van der Waals surface area contributed by atoms with E-state index in [-0.39, 0.29) is 48.9 Å². The van der Waals surface area contributed by atoms with Gasteiger partial charge in [0.2, 0.25) is 23.6 Å². The molecule has 180 valence electrons. The summed E-state index contributed by atoms with van der Waals surface area (Å²) >= 11 is 0. The lowest BCUT2D eigenvalue weighted by atomic mass is 9.99. The van der Waals surface area contributed by atoms with E-state index in [2.05, 4.69) is 16.2 Å². The van der Waals surface area contributed by atoms with Crippen molar-refractivity contribution in [1.82, 2.24) is 21.1 Å². The van der Waals surface area contributed by atoms with E-state index in [0.717, 1.165) is 0 Å². The van der Waals surface area contributed by atoms with Crippen molar-refractivity contribution in [3.63, 3.8) is 0 Å². The third-order valence-electron chi connectivity index (χ3n) is 4.95. The molecule has 0 aromatic carbocycles. The van der Waals surface area contributed by atoms with Gasteiger partial charge in [-0.05, 0) is 40.5 Å². The van der Waals surface area contributed by atoms with Gasteiger partial charge in [0.15, 0.2) is 0 Å². The number of ether oxygens (including phenoxy) is 1. The number of nitrogens with one attached hydrogen (secondary N) is 3. The first kappa shape index (κ1) is 29.0. The highest BCUT2D eigenvalue weighted by Crippen LogP contribution is 2.20. The summed E-state index contributed by atoms with van der Waals surface area (Å²) in [5.74, 6) is -1.03. The molecule has 9 heteroatoms. The van der Waals surface area contributed by atoms with Crippen LogP contribution in [0.5, 0.6) is 0 Å². The third kappa shape index (κ3) is 11.3. The van der Waals surface area contributed by atoms with Crippen molar-refractivity contribution < 1.29 is 23.9 Å². The van der Waals surface area contributed by atoms with Gasteiger partial charge in [-0.1, -0.05) is 20.8 Å². The largest absolute Gasteiger partial charge is 0.375 e. The molecular weight excluding hydrogens is 400 g/mol. The summed E-state index contributed by atoms with van der Waals surface area (Å²) in [5, 5.41) is 2.93. The number of carbonyl (C=O) groups is 4. The van der Waals surface area contributed by atoms with Crippen molar-refractivity contribution in [2.24, 2.45) is 5.92 Å². The molecule has 0 saturated carbocycles. The summed E-state index contributed by atoms with van der Waals surface area (Å²) < 4.78 is 5.91. The maximum atomic E-state index is 12.3. The predicted molar refractivity (Wildman–Crippen MR) is 120 cm³/mol. The molecule has 1 saturated heterocycles. The zero-order valence-electron chi connectivity index (χ0n) is 20.5. The molecule has 1 unspecified atom stereocenters. The summed E-state index contributed by atoms with van der Waals surface area (Å²) in [4.78, 5) is 48.7. The van der Waals surface area contributed by atoms with Crippen LogP contribution in [0.1, 0.15) is 80.6 Å². The second-order valence-corrected chi connectivity index (χ2v) is 8.83. The van der Waals surface area contributed by atoms with Crippen LogP contribution in [-0.4, -0.2) is 59.9 Å². The lowest BCUT2D eigenvalue weighted by Crippen LogP contribution is -2.46. The van der Waals surface area contributed by atoms with Crippen LogP contribution < -0.4 is 16.2 Å². The fraction of sp³-hybridized carbons (Fsp3) is 0.818. The molecule has 1 aliphatic rings. The van der Waals surface area contributed by atoms with Crippen LogP contribution in [-0.2, 0) is 23.9 Å². The number of hydrogen-bond acceptors (Lipinski definition) is 6. The number of carbonyl (C=O) groups excluding carboxylic acids is 4. The molecule has 1 heterocycles. The number of hydrogen-bond donors (Lipinski definition) is 3. The topological polar surface area (TPSA) is 117 Å². The van der Waals surface area contributed by atoms with Gasteiger partial charge in [0.1, 0.15) is 0 Å². The van der Waals surface area contributed by atoms with Gasteiger partial charge in [0, 0.05) is 50.9 Å². The first-order chi connectivity index (χ1) is 14.4. The van der Waals surface area contributed by atoms with E-state index in [9.17, 15) is 19.2 Å². The predicted octanol–water partition coefficient (Wildman–Crippen LogP) is 1.91. The summed E-state index contributed by atoms with van der Waals surface area (Å²) in [5.41, 5.74) is 4.16. The summed E-state index contributed by atoms with van der Waals surface area (Å²) in [7, 11) is 1.64. The van der Waals surface area contributed by atoms with E-state index < -0.39 is 11.1 Å². The van der Waals surface area contributed by atoms with Crippen molar-refractivity contribution in [3.05, 3.63) is 0 Å². The van der Waals surface area contributed by atoms with E-state index in [1.165, 1.54) is 4.90 Å². The quantitative estimate of drug-likeness (QED) is 0.314. The molecule has 1 atom stereocenters. The van der Waals surface area contributed by atoms with Crippen molar-refractivity contribution in [3.8, 4) is 0 Å². The Labute approximate surface area is 187 Å². The molecule has 1 aliphatic heterocycles. The second kappa shape index (κ2) is 13.4. The Bertz CT molecular complexity index is 619. The molecule has 0 radical (unpaired) electrons. The maximum absolute atomic E-state index is 12.3. The van der Waals surface area contributed by atoms with Gasteiger partial charge in [-0.3, -0.25) is 29.5 Å². The second-order valence-electron chi connectivity index (χ2n) is 8.83. The van der Waals surface area contributed by atoms with E-state index in [4.69, 9.17) is 4.74 Å². The summed E-state index contributed by atoms with van der Waals surface area (Å²) in [6, 6.07) is 0. The molecular formula is C22H42N4O5. The van der Waals surface area contributed by atoms with Gasteiger partial charge in [0.25, 0.3) is 0 Å². The Morgan fingerprint density at radius 1 is 1.06 bits per heavy atom. The molecule has 31 heavy (non-hydrogen) atoms. The minimum atomic E-state index is -0.497. The third-order valence-corrected chi connectivity index (χ3v) is 4.95. The Morgan fingerprint density at radius 3 is 2.19 bits per heavy atom. The lowest BCUT2D eigenvalue weighted by molar-refractivity contribution is -0.139. The minimum Gasteiger partial charge on any atom is -0.375 e. The Balaban J connectivity index is 0.00000436. The smallest absolute Gasteiger partial charge is 0.234 e. The van der Waals surface area contributed by atoms with Crippen molar-refractivity contribution in [2.75, 3.05) is 20.2 Å². The number of amides is 4. The van der Waals surface area contributed by atoms with Gasteiger partial charge in [-0.25, -0.2) is 5.43 Å². The number of imide groups is 1. The monoisotopic (exact) mass is 442 g/mol. The number of nitrogens with zero attached hydrogens (tertiary/aromatic N) is 1. The highest BCUT2D eigenvalue weighted by Gasteiger charge is 2.35. The van der Waals surface area contributed by atoms with Crippen molar-refractivity contribution in [2.45, 2.75) is 91.7 Å². The van der Waals surface area contributed by atoms with Crippen LogP contribution in [0.2, 0.25) is 0 Å². The van der Waals surface area contributed by atoms with Gasteiger partial charge in [-0.2, -0.15) is 0 Å². The average molecular weight is 443 g/mol. The summed E-state index contributed by atoms with van der Waals surface area (Å²) in [6.07, 6.45) is 1.81. The standard InChI is InChI=1S/C20H36N4O5.C2H6/c1-14-13-17(27)24(18(14)28)11-8-15(25)22-19(2,3)10-12-29-20(4,5)9-7-16(26)23-21-6;1-2/h14,21H,7-13H2,1-6H3,(H,22,25)(H,23,26);1-2H3. The first-order valence-electron chi connectivity index (χ1n) is 11.1. The lowest BCUT2D eigenvalue weighted by Gasteiger charge is -2.30. The van der Waals surface area contributed by atoms with Crippen molar-refractivity contribution >= 4 is 23.6 Å². The summed E-state index contributed by atoms with van der Waals surface area (Å²) in [6.45, 7) is 13.9. The molecule has 9 nitrogen and oxygen atoms in total. The zero-order chi connectivity index (χ0) is 24.2. The average Bonchev–Trinajstić information content (AvgIpc) is 2.91. The molecule has 3 N–H and O–H groups in total. The SMILES string of the molecule is CC.CNNC(=O)CCC(C)(C)OCCC(C)(C)NC(=O)CCN1C(=O)CC(C)C1=O. The Morgan fingerprint density at radius 2 is 1.68 bits per heavy atom. The van der Waals surface area contributed by atoms with Gasteiger partial charge in [-0.15, -0.1) is 0 Å². The van der Waals surface area contributed by atoms with Crippen LogP contribution in [0.25, 0.3) is 0 Å². The fourth-order valence-corrected chi connectivity index (χ4v) is 3.07. The Kier molecular flexibility index (Phi) is 12.6.